The molecule has 2 aromatic carbocycles. The van der Waals surface area contributed by atoms with Gasteiger partial charge in [0.25, 0.3) is 0 Å². The quantitative estimate of drug-likeness (QED) is 0.723. The molecule has 0 saturated heterocycles. The number of hydrogen-bond donors (Lipinski definition) is 0. The van der Waals surface area contributed by atoms with Crippen LogP contribution in [0, 0.1) is 23.0 Å². The summed E-state index contributed by atoms with van der Waals surface area (Å²) < 4.78 is 28.4. The van der Waals surface area contributed by atoms with Gasteiger partial charge in [0.15, 0.2) is 0 Å². The first kappa shape index (κ1) is 14.2. The lowest BCUT2D eigenvalue weighted by atomic mass is 9.78. The van der Waals surface area contributed by atoms with E-state index in [0.29, 0.717) is 6.42 Å². The molecule has 1 unspecified atom stereocenters. The van der Waals surface area contributed by atoms with E-state index < -0.39 is 17.0 Å². The molecule has 2 aromatic rings. The largest absolute Gasteiger partial charge is 0.207 e. The van der Waals surface area contributed by atoms with Gasteiger partial charge in [0.05, 0.1) is 16.0 Å². The maximum Gasteiger partial charge on any atom is 0.143 e. The van der Waals surface area contributed by atoms with Crippen molar-refractivity contribution >= 4 is 15.9 Å². The summed E-state index contributed by atoms with van der Waals surface area (Å²) >= 11 is 3.08. The SMILES string of the molecule is N#CC1(Cc2c(F)ccc(Br)c2F)CCc2ccccc21. The summed E-state index contributed by atoms with van der Waals surface area (Å²) in [5, 5.41) is 9.67. The van der Waals surface area contributed by atoms with Gasteiger partial charge in [-0.15, -0.1) is 0 Å². The van der Waals surface area contributed by atoms with E-state index in [9.17, 15) is 14.0 Å². The van der Waals surface area contributed by atoms with Gasteiger partial charge in [-0.05, 0) is 52.0 Å². The third kappa shape index (κ3) is 2.26. The Morgan fingerprint density at radius 1 is 1.19 bits per heavy atom. The molecule has 1 atom stereocenters. The van der Waals surface area contributed by atoms with Gasteiger partial charge >= 0.3 is 0 Å². The fraction of sp³-hybridized carbons (Fsp3) is 0.235. The number of hydrogen-bond acceptors (Lipinski definition) is 1. The Hall–Kier alpha value is -1.73. The highest BCUT2D eigenvalue weighted by Gasteiger charge is 2.40. The summed E-state index contributed by atoms with van der Waals surface area (Å²) in [5.74, 6) is -1.22. The van der Waals surface area contributed by atoms with Crippen molar-refractivity contribution in [2.45, 2.75) is 24.7 Å². The Balaban J connectivity index is 2.09. The van der Waals surface area contributed by atoms with Gasteiger partial charge in [-0.1, -0.05) is 24.3 Å². The zero-order chi connectivity index (χ0) is 15.0. The number of halogens is 3. The molecule has 0 amide bonds. The van der Waals surface area contributed by atoms with Gasteiger partial charge in [0.1, 0.15) is 11.6 Å². The number of nitriles is 1. The molecule has 106 valence electrons. The molecule has 1 aliphatic rings. The molecule has 0 aromatic heterocycles. The summed E-state index contributed by atoms with van der Waals surface area (Å²) in [4.78, 5) is 0. The van der Waals surface area contributed by atoms with Gasteiger partial charge in [-0.3, -0.25) is 0 Å². The average Bonchev–Trinajstić information content (AvgIpc) is 2.87. The molecule has 1 nitrogen and oxygen atoms in total. The van der Waals surface area contributed by atoms with Crippen molar-refractivity contribution in [3.8, 4) is 6.07 Å². The van der Waals surface area contributed by atoms with Crippen molar-refractivity contribution in [3.05, 3.63) is 69.2 Å². The Bertz CT molecular complexity index is 751. The first-order valence-corrected chi connectivity index (χ1v) is 7.49. The molecule has 1 aliphatic carbocycles. The number of benzene rings is 2. The molecule has 0 heterocycles. The minimum Gasteiger partial charge on any atom is -0.207 e. The number of fused-ring (bicyclic) bond motifs is 1. The van der Waals surface area contributed by atoms with Gasteiger partial charge < -0.3 is 0 Å². The van der Waals surface area contributed by atoms with Crippen LogP contribution in [0.25, 0.3) is 0 Å². The van der Waals surface area contributed by atoms with Crippen LogP contribution in [0.5, 0.6) is 0 Å². The molecule has 0 aliphatic heterocycles. The zero-order valence-electron chi connectivity index (χ0n) is 11.2. The molecule has 0 radical (unpaired) electrons. The summed E-state index contributed by atoms with van der Waals surface area (Å²) in [6.45, 7) is 0. The van der Waals surface area contributed by atoms with E-state index in [2.05, 4.69) is 22.0 Å². The maximum atomic E-state index is 14.2. The summed E-state index contributed by atoms with van der Waals surface area (Å²) in [5.41, 5.74) is 1.11. The lowest BCUT2D eigenvalue weighted by Crippen LogP contribution is -2.25. The Morgan fingerprint density at radius 3 is 2.71 bits per heavy atom. The average molecular weight is 348 g/mol. The highest BCUT2D eigenvalue weighted by molar-refractivity contribution is 9.10. The van der Waals surface area contributed by atoms with Gasteiger partial charge in [-0.2, -0.15) is 5.26 Å². The molecule has 0 N–H and O–H groups in total. The van der Waals surface area contributed by atoms with E-state index in [1.54, 1.807) is 0 Å². The molecule has 0 bridgehead atoms. The van der Waals surface area contributed by atoms with Crippen LogP contribution in [0.4, 0.5) is 8.78 Å². The van der Waals surface area contributed by atoms with Crippen molar-refractivity contribution in [1.29, 1.82) is 5.26 Å². The van der Waals surface area contributed by atoms with Crippen molar-refractivity contribution in [3.63, 3.8) is 0 Å². The van der Waals surface area contributed by atoms with Crippen LogP contribution < -0.4 is 0 Å². The Morgan fingerprint density at radius 2 is 1.95 bits per heavy atom. The third-order valence-electron chi connectivity index (χ3n) is 4.19. The molecule has 0 fully saturated rings. The van der Waals surface area contributed by atoms with Crippen LogP contribution in [0.2, 0.25) is 0 Å². The van der Waals surface area contributed by atoms with Crippen LogP contribution in [0.1, 0.15) is 23.1 Å². The topological polar surface area (TPSA) is 23.8 Å². The van der Waals surface area contributed by atoms with Crippen molar-refractivity contribution in [1.82, 2.24) is 0 Å². The molecule has 3 rings (SSSR count). The lowest BCUT2D eigenvalue weighted by Gasteiger charge is -2.23. The van der Waals surface area contributed by atoms with Gasteiger partial charge in [0.2, 0.25) is 0 Å². The summed E-state index contributed by atoms with van der Waals surface area (Å²) in [6, 6.07) is 12.5. The molecule has 21 heavy (non-hydrogen) atoms. The normalized spacial score (nSPS) is 20.1. The van der Waals surface area contributed by atoms with Crippen molar-refractivity contribution in [2.24, 2.45) is 0 Å². The second-order valence-electron chi connectivity index (χ2n) is 5.35. The van der Waals surface area contributed by atoms with Crippen molar-refractivity contribution < 1.29 is 8.78 Å². The number of nitrogens with zero attached hydrogens (tertiary/aromatic N) is 1. The molecular weight excluding hydrogens is 336 g/mol. The first-order chi connectivity index (χ1) is 10.1. The fourth-order valence-corrected chi connectivity index (χ4v) is 3.43. The van der Waals surface area contributed by atoms with Gasteiger partial charge in [-0.25, -0.2) is 8.78 Å². The minimum absolute atomic E-state index is 0.0253. The maximum absolute atomic E-state index is 14.2. The smallest absolute Gasteiger partial charge is 0.143 e. The predicted molar refractivity (Wildman–Crippen MR) is 79.8 cm³/mol. The molecule has 0 spiro atoms. The van der Waals surface area contributed by atoms with Crippen LogP contribution in [0.3, 0.4) is 0 Å². The van der Waals surface area contributed by atoms with E-state index in [4.69, 9.17) is 0 Å². The molecule has 0 saturated carbocycles. The van der Waals surface area contributed by atoms with Crippen molar-refractivity contribution in [2.75, 3.05) is 0 Å². The highest BCUT2D eigenvalue weighted by Crippen LogP contribution is 2.42. The Kier molecular flexibility index (Phi) is 3.54. The predicted octanol–water partition coefficient (Wildman–Crippen LogP) is 4.68. The highest BCUT2D eigenvalue weighted by atomic mass is 79.9. The second kappa shape index (κ2) is 5.23. The van der Waals surface area contributed by atoms with Crippen LogP contribution in [0.15, 0.2) is 40.9 Å². The van der Waals surface area contributed by atoms with E-state index in [0.717, 1.165) is 17.5 Å². The molecule has 4 heteroatoms. The van der Waals surface area contributed by atoms with E-state index in [-0.39, 0.29) is 16.5 Å². The summed E-state index contributed by atoms with van der Waals surface area (Å²) in [6.07, 6.45) is 1.41. The van der Waals surface area contributed by atoms with E-state index in [1.165, 1.54) is 12.1 Å². The van der Waals surface area contributed by atoms with E-state index >= 15 is 0 Å². The van der Waals surface area contributed by atoms with Crippen LogP contribution in [-0.4, -0.2) is 0 Å². The van der Waals surface area contributed by atoms with Crippen LogP contribution >= 0.6 is 15.9 Å². The summed E-state index contributed by atoms with van der Waals surface area (Å²) in [7, 11) is 0. The second-order valence-corrected chi connectivity index (χ2v) is 6.20. The first-order valence-electron chi connectivity index (χ1n) is 6.69. The van der Waals surface area contributed by atoms with E-state index in [1.807, 2.05) is 24.3 Å². The lowest BCUT2D eigenvalue weighted by molar-refractivity contribution is 0.486. The van der Waals surface area contributed by atoms with Crippen LogP contribution in [-0.2, 0) is 18.3 Å². The third-order valence-corrected chi connectivity index (χ3v) is 4.80. The van der Waals surface area contributed by atoms with Gasteiger partial charge in [0, 0.05) is 12.0 Å². The Labute approximate surface area is 130 Å². The minimum atomic E-state index is -0.848. The standard InChI is InChI=1S/C17H12BrF2N/c18-14-5-6-15(19)12(16(14)20)9-17(10-21)8-7-11-3-1-2-4-13(11)17/h1-6H,7-9H2. The number of aryl methyl sites for hydroxylation is 1. The fourth-order valence-electron chi connectivity index (χ4n) is 3.06. The monoisotopic (exact) mass is 347 g/mol. The zero-order valence-corrected chi connectivity index (χ0v) is 12.8. The molecular formula is C17H12BrF2N. The number of rotatable bonds is 2.